The van der Waals surface area contributed by atoms with Crippen molar-refractivity contribution in [2.45, 2.75) is 39.8 Å². The Morgan fingerprint density at radius 1 is 1.17 bits per heavy atom. The maximum Gasteiger partial charge on any atom is 0.0922 e. The van der Waals surface area contributed by atoms with Gasteiger partial charge in [-0.2, -0.15) is 5.10 Å². The highest BCUT2D eigenvalue weighted by Crippen LogP contribution is 2.25. The first kappa shape index (κ1) is 12.8. The summed E-state index contributed by atoms with van der Waals surface area (Å²) in [6.45, 7) is 8.25. The molecule has 96 valence electrons. The molecule has 1 aromatic carbocycles. The van der Waals surface area contributed by atoms with Crippen molar-refractivity contribution in [2.75, 3.05) is 0 Å². The Hall–Kier alpha value is -1.61. The standard InChI is InChI=1S/C15H21N3/c1-10-7-5-6-8-14(10)15(13(4)16)18-12(3)9-11(2)17-18/h5-9,13,15H,16H2,1-4H3. The zero-order chi connectivity index (χ0) is 13.3. The van der Waals surface area contributed by atoms with Crippen molar-refractivity contribution in [1.29, 1.82) is 0 Å². The van der Waals surface area contributed by atoms with Gasteiger partial charge in [0.1, 0.15) is 0 Å². The van der Waals surface area contributed by atoms with Gasteiger partial charge in [0.15, 0.2) is 0 Å². The van der Waals surface area contributed by atoms with Crippen LogP contribution in [0, 0.1) is 20.8 Å². The zero-order valence-electron chi connectivity index (χ0n) is 11.5. The van der Waals surface area contributed by atoms with Crippen LogP contribution in [0.1, 0.15) is 35.5 Å². The third-order valence-corrected chi connectivity index (χ3v) is 3.31. The van der Waals surface area contributed by atoms with Crippen molar-refractivity contribution in [3.8, 4) is 0 Å². The van der Waals surface area contributed by atoms with Gasteiger partial charge in [-0.1, -0.05) is 24.3 Å². The smallest absolute Gasteiger partial charge is 0.0922 e. The van der Waals surface area contributed by atoms with Crippen LogP contribution in [0.5, 0.6) is 0 Å². The molecule has 3 nitrogen and oxygen atoms in total. The van der Waals surface area contributed by atoms with Crippen LogP contribution in [0.4, 0.5) is 0 Å². The van der Waals surface area contributed by atoms with E-state index in [-0.39, 0.29) is 12.1 Å². The summed E-state index contributed by atoms with van der Waals surface area (Å²) < 4.78 is 2.04. The van der Waals surface area contributed by atoms with Crippen molar-refractivity contribution in [2.24, 2.45) is 5.73 Å². The van der Waals surface area contributed by atoms with Crippen LogP contribution in [0.2, 0.25) is 0 Å². The first-order valence-corrected chi connectivity index (χ1v) is 6.34. The van der Waals surface area contributed by atoms with Gasteiger partial charge in [-0.25, -0.2) is 0 Å². The molecule has 18 heavy (non-hydrogen) atoms. The summed E-state index contributed by atoms with van der Waals surface area (Å²) in [7, 11) is 0. The minimum absolute atomic E-state index is 0.0177. The second-order valence-electron chi connectivity index (χ2n) is 5.03. The second kappa shape index (κ2) is 4.94. The third-order valence-electron chi connectivity index (χ3n) is 3.31. The van der Waals surface area contributed by atoms with Crippen LogP contribution < -0.4 is 5.73 Å². The molecule has 0 amide bonds. The van der Waals surface area contributed by atoms with E-state index in [1.807, 2.05) is 18.5 Å². The highest BCUT2D eigenvalue weighted by atomic mass is 15.3. The Morgan fingerprint density at radius 2 is 1.83 bits per heavy atom. The zero-order valence-corrected chi connectivity index (χ0v) is 11.5. The lowest BCUT2D eigenvalue weighted by molar-refractivity contribution is 0.442. The first-order valence-electron chi connectivity index (χ1n) is 6.34. The molecule has 2 aromatic rings. The van der Waals surface area contributed by atoms with Gasteiger partial charge in [0.2, 0.25) is 0 Å². The van der Waals surface area contributed by atoms with E-state index >= 15 is 0 Å². The molecule has 1 heterocycles. The lowest BCUT2D eigenvalue weighted by Crippen LogP contribution is -2.32. The molecule has 0 saturated carbocycles. The number of hydrogen-bond acceptors (Lipinski definition) is 2. The molecule has 2 unspecified atom stereocenters. The molecule has 0 radical (unpaired) electrons. The van der Waals surface area contributed by atoms with E-state index in [4.69, 9.17) is 5.73 Å². The van der Waals surface area contributed by atoms with E-state index in [1.54, 1.807) is 0 Å². The number of rotatable bonds is 3. The fourth-order valence-corrected chi connectivity index (χ4v) is 2.48. The molecule has 0 aliphatic rings. The molecule has 2 N–H and O–H groups in total. The van der Waals surface area contributed by atoms with Crippen molar-refractivity contribution < 1.29 is 0 Å². The third kappa shape index (κ3) is 2.31. The molecular formula is C15H21N3. The number of nitrogens with two attached hydrogens (primary N) is 1. The monoisotopic (exact) mass is 243 g/mol. The quantitative estimate of drug-likeness (QED) is 0.900. The lowest BCUT2D eigenvalue weighted by Gasteiger charge is -2.25. The summed E-state index contributed by atoms with van der Waals surface area (Å²) in [4.78, 5) is 0. The Labute approximate surface area is 109 Å². The molecule has 2 atom stereocenters. The van der Waals surface area contributed by atoms with Gasteiger partial charge in [-0.3, -0.25) is 4.68 Å². The van der Waals surface area contributed by atoms with E-state index in [0.29, 0.717) is 0 Å². The van der Waals surface area contributed by atoms with Crippen LogP contribution in [0.25, 0.3) is 0 Å². The summed E-state index contributed by atoms with van der Waals surface area (Å²) in [5.74, 6) is 0. The number of nitrogens with zero attached hydrogens (tertiary/aromatic N) is 2. The summed E-state index contributed by atoms with van der Waals surface area (Å²) in [5.41, 5.74) is 10.9. The van der Waals surface area contributed by atoms with Crippen LogP contribution in [-0.4, -0.2) is 15.8 Å². The largest absolute Gasteiger partial charge is 0.326 e. The van der Waals surface area contributed by atoms with Gasteiger partial charge in [0.05, 0.1) is 11.7 Å². The number of aromatic nitrogens is 2. The predicted octanol–water partition coefficient (Wildman–Crippen LogP) is 2.74. The number of benzene rings is 1. The molecule has 0 aliphatic heterocycles. The van der Waals surface area contributed by atoms with Crippen molar-refractivity contribution in [1.82, 2.24) is 9.78 Å². The maximum atomic E-state index is 6.19. The average molecular weight is 243 g/mol. The highest BCUT2D eigenvalue weighted by molar-refractivity contribution is 5.31. The van der Waals surface area contributed by atoms with Crippen molar-refractivity contribution in [3.63, 3.8) is 0 Å². The van der Waals surface area contributed by atoms with Crippen LogP contribution in [0.3, 0.4) is 0 Å². The van der Waals surface area contributed by atoms with E-state index in [1.165, 1.54) is 11.1 Å². The Kier molecular flexibility index (Phi) is 3.53. The first-order chi connectivity index (χ1) is 8.50. The van der Waals surface area contributed by atoms with Gasteiger partial charge in [-0.15, -0.1) is 0 Å². The molecule has 3 heteroatoms. The lowest BCUT2D eigenvalue weighted by atomic mass is 9.96. The van der Waals surface area contributed by atoms with E-state index < -0.39 is 0 Å². The fourth-order valence-electron chi connectivity index (χ4n) is 2.48. The molecule has 0 saturated heterocycles. The molecule has 0 aliphatic carbocycles. The van der Waals surface area contributed by atoms with Crippen molar-refractivity contribution >= 4 is 0 Å². The Bertz CT molecular complexity index is 540. The summed E-state index contributed by atoms with van der Waals surface area (Å²) >= 11 is 0. The van der Waals surface area contributed by atoms with Crippen LogP contribution in [0.15, 0.2) is 30.3 Å². The molecule has 1 aromatic heterocycles. The minimum atomic E-state index is 0.0177. The molecule has 0 spiro atoms. The van der Waals surface area contributed by atoms with Gasteiger partial charge >= 0.3 is 0 Å². The average Bonchev–Trinajstić information content (AvgIpc) is 2.61. The summed E-state index contributed by atoms with van der Waals surface area (Å²) in [6, 6.07) is 10.6. The van der Waals surface area contributed by atoms with Crippen LogP contribution in [-0.2, 0) is 0 Å². The molecule has 2 rings (SSSR count). The van der Waals surface area contributed by atoms with E-state index in [0.717, 1.165) is 11.4 Å². The van der Waals surface area contributed by atoms with E-state index in [2.05, 4.69) is 49.3 Å². The molecule has 0 bridgehead atoms. The topological polar surface area (TPSA) is 43.8 Å². The summed E-state index contributed by atoms with van der Waals surface area (Å²) in [5, 5.41) is 4.59. The molecular weight excluding hydrogens is 222 g/mol. The highest BCUT2D eigenvalue weighted by Gasteiger charge is 2.22. The van der Waals surface area contributed by atoms with E-state index in [9.17, 15) is 0 Å². The Morgan fingerprint density at radius 3 is 2.33 bits per heavy atom. The molecule has 0 fully saturated rings. The van der Waals surface area contributed by atoms with Crippen LogP contribution >= 0.6 is 0 Å². The summed E-state index contributed by atoms with van der Waals surface area (Å²) in [6.07, 6.45) is 0. The number of aryl methyl sites for hydroxylation is 3. The fraction of sp³-hybridized carbons (Fsp3) is 0.400. The SMILES string of the molecule is Cc1cc(C)n(C(c2ccccc2C)C(C)N)n1. The van der Waals surface area contributed by atoms with Gasteiger partial charge in [0, 0.05) is 11.7 Å². The van der Waals surface area contributed by atoms with Gasteiger partial charge in [0.25, 0.3) is 0 Å². The maximum absolute atomic E-state index is 6.19. The van der Waals surface area contributed by atoms with Gasteiger partial charge in [-0.05, 0) is 44.9 Å². The van der Waals surface area contributed by atoms with Gasteiger partial charge < -0.3 is 5.73 Å². The predicted molar refractivity (Wildman–Crippen MR) is 74.7 cm³/mol. The minimum Gasteiger partial charge on any atom is -0.326 e. The Balaban J connectivity index is 2.54. The van der Waals surface area contributed by atoms with Crippen molar-refractivity contribution in [3.05, 3.63) is 52.8 Å². The number of hydrogen-bond donors (Lipinski definition) is 1. The second-order valence-corrected chi connectivity index (χ2v) is 5.03. The normalized spacial score (nSPS) is 14.5.